The van der Waals surface area contributed by atoms with Gasteiger partial charge >= 0.3 is 0 Å². The summed E-state index contributed by atoms with van der Waals surface area (Å²) in [5.74, 6) is 0. The summed E-state index contributed by atoms with van der Waals surface area (Å²) in [4.78, 5) is 4.62. The van der Waals surface area contributed by atoms with Crippen LogP contribution in [0.5, 0.6) is 0 Å². The molecule has 0 radical (unpaired) electrons. The van der Waals surface area contributed by atoms with Gasteiger partial charge in [-0.15, -0.1) is 0 Å². The third-order valence-electron chi connectivity index (χ3n) is 12.3. The van der Waals surface area contributed by atoms with E-state index >= 15 is 0 Å². The molecular weight excluding hydrogens is 845 g/mol. The van der Waals surface area contributed by atoms with Gasteiger partial charge in [0.1, 0.15) is 0 Å². The van der Waals surface area contributed by atoms with Gasteiger partial charge in [-0.05, 0) is 128 Å². The van der Waals surface area contributed by atoms with Crippen molar-refractivity contribution in [3.8, 4) is 11.1 Å². The van der Waals surface area contributed by atoms with Crippen LogP contribution in [0.15, 0.2) is 267 Å². The van der Waals surface area contributed by atoms with Crippen LogP contribution < -0.4 is 9.80 Å². The van der Waals surface area contributed by atoms with Crippen molar-refractivity contribution >= 4 is 82.7 Å². The molecule has 0 N–H and O–H groups in total. The number of hydrogen-bond donors (Lipinski definition) is 0. The van der Waals surface area contributed by atoms with Crippen LogP contribution in [0, 0.1) is 0 Å². The fraction of sp³-hybridized carbons (Fsp3) is 0. The van der Waals surface area contributed by atoms with E-state index in [-0.39, 0.29) is 0 Å². The van der Waals surface area contributed by atoms with Crippen molar-refractivity contribution in [3.05, 3.63) is 311 Å². The average Bonchev–Trinajstić information content (AvgIpc) is 3.44. The summed E-state index contributed by atoms with van der Waals surface area (Å²) in [6.07, 6.45) is 17.3. The normalized spacial score (nSPS) is 11.5. The molecule has 2 heteroatoms. The topological polar surface area (TPSA) is 6.48 Å². The predicted molar refractivity (Wildman–Crippen MR) is 303 cm³/mol. The molecule has 0 aliphatic carbocycles. The molecule has 0 aromatic heterocycles. The molecule has 0 fully saturated rings. The van der Waals surface area contributed by atoms with Gasteiger partial charge in [-0.25, -0.2) is 0 Å². The van der Waals surface area contributed by atoms with Gasteiger partial charge in [-0.2, -0.15) is 0 Å². The molecule has 0 aliphatic rings. The first-order chi connectivity index (χ1) is 34.7. The molecule has 10 aromatic carbocycles. The highest BCUT2D eigenvalue weighted by Crippen LogP contribution is 2.38. The van der Waals surface area contributed by atoms with E-state index in [1.165, 1.54) is 22.3 Å². The number of hydrogen-bond acceptors (Lipinski definition) is 2. The Labute approximate surface area is 413 Å². The summed E-state index contributed by atoms with van der Waals surface area (Å²) in [5.41, 5.74) is 18.3. The van der Waals surface area contributed by atoms with Gasteiger partial charge in [0, 0.05) is 34.1 Å². The van der Waals surface area contributed by atoms with Crippen LogP contribution >= 0.6 is 0 Å². The lowest BCUT2D eigenvalue weighted by atomic mass is 10.0. The molecule has 2 nitrogen and oxygen atoms in total. The van der Waals surface area contributed by atoms with Crippen LogP contribution in [0.2, 0.25) is 0 Å². The highest BCUT2D eigenvalue weighted by molar-refractivity contribution is 5.83. The van der Waals surface area contributed by atoms with E-state index in [1.807, 2.05) is 12.1 Å². The minimum atomic E-state index is 1.09. The van der Waals surface area contributed by atoms with Crippen molar-refractivity contribution in [2.24, 2.45) is 0 Å². The highest BCUT2D eigenvalue weighted by atomic mass is 15.1. The van der Waals surface area contributed by atoms with E-state index in [0.717, 1.165) is 67.5 Å². The Morgan fingerprint density at radius 2 is 0.329 bits per heavy atom. The van der Waals surface area contributed by atoms with E-state index in [9.17, 15) is 0 Å². The largest absolute Gasteiger partial charge is 0.311 e. The number of rotatable bonds is 15. The second-order valence-electron chi connectivity index (χ2n) is 17.1. The van der Waals surface area contributed by atoms with Gasteiger partial charge in [0.2, 0.25) is 0 Å². The molecule has 0 spiro atoms. The highest BCUT2D eigenvalue weighted by Gasteiger charge is 2.15. The maximum Gasteiger partial charge on any atom is 0.0462 e. The molecule has 0 bridgehead atoms. The molecule has 0 atom stereocenters. The second kappa shape index (κ2) is 22.0. The van der Waals surface area contributed by atoms with E-state index in [0.29, 0.717) is 0 Å². The molecule has 0 amide bonds. The molecule has 10 aromatic rings. The third-order valence-corrected chi connectivity index (χ3v) is 12.3. The zero-order chi connectivity index (χ0) is 47.2. The Morgan fingerprint density at radius 1 is 0.157 bits per heavy atom. The first-order valence-corrected chi connectivity index (χ1v) is 23.8. The smallest absolute Gasteiger partial charge is 0.0462 e. The van der Waals surface area contributed by atoms with Crippen LogP contribution in [0.4, 0.5) is 34.1 Å². The Hall–Kier alpha value is -9.24. The fourth-order valence-electron chi connectivity index (χ4n) is 8.46. The van der Waals surface area contributed by atoms with Crippen LogP contribution in [-0.2, 0) is 0 Å². The van der Waals surface area contributed by atoms with Crippen molar-refractivity contribution in [2.75, 3.05) is 9.80 Å². The van der Waals surface area contributed by atoms with Gasteiger partial charge in [0.05, 0.1) is 0 Å². The first kappa shape index (κ1) is 44.6. The zero-order valence-electron chi connectivity index (χ0n) is 38.9. The first-order valence-electron chi connectivity index (χ1n) is 23.8. The summed E-state index contributed by atoms with van der Waals surface area (Å²) < 4.78 is 0. The molecule has 70 heavy (non-hydrogen) atoms. The van der Waals surface area contributed by atoms with Crippen molar-refractivity contribution in [1.29, 1.82) is 0 Å². The number of benzene rings is 10. The van der Waals surface area contributed by atoms with Crippen molar-refractivity contribution < 1.29 is 0 Å². The molecule has 10 rings (SSSR count). The van der Waals surface area contributed by atoms with Crippen LogP contribution in [0.3, 0.4) is 0 Å². The molecule has 0 saturated heterocycles. The lowest BCUT2D eigenvalue weighted by Gasteiger charge is -2.26. The van der Waals surface area contributed by atoms with E-state index in [2.05, 4.69) is 313 Å². The molecule has 0 heterocycles. The maximum atomic E-state index is 2.31. The summed E-state index contributed by atoms with van der Waals surface area (Å²) in [6, 6.07) is 94.5. The summed E-state index contributed by atoms with van der Waals surface area (Å²) in [6.45, 7) is 0. The Kier molecular flexibility index (Phi) is 14.0. The third kappa shape index (κ3) is 11.5. The van der Waals surface area contributed by atoms with Gasteiger partial charge in [0.25, 0.3) is 0 Å². The minimum Gasteiger partial charge on any atom is -0.311 e. The monoisotopic (exact) mass is 896 g/mol. The van der Waals surface area contributed by atoms with Crippen molar-refractivity contribution in [3.63, 3.8) is 0 Å². The lowest BCUT2D eigenvalue weighted by molar-refractivity contribution is 1.28. The molecule has 0 aliphatic heterocycles. The standard InChI is InChI=1S/C68H52N2/c1-5-13-53(14-6-1)21-23-55-25-29-57(30-26-55)33-35-59-37-45-65(46-38-59)69(63-17-9-3-10-18-63)67-49-41-61(42-50-67)62-43-51-68(52-44-62)70(64-19-11-4-12-20-64)66-47-39-60(40-48-66)36-34-58-31-27-56(28-32-58)24-22-54-15-7-2-8-16-54/h1-52H/b23-21+,24-22+,35-33+,36-34+. The number of para-hydroxylation sites is 2. The molecule has 0 saturated carbocycles. The van der Waals surface area contributed by atoms with Crippen LogP contribution in [-0.4, -0.2) is 0 Å². The SMILES string of the molecule is C(=C\c1ccc(/C=C/c2ccc(N(c3ccccc3)c3ccc(-c4ccc(N(c5ccccc5)c5ccc(/C=C/c6ccc(/C=C/c7ccccc7)cc6)cc5)cc4)cc3)cc2)cc1)/c1ccccc1. The summed E-state index contributed by atoms with van der Waals surface area (Å²) in [5, 5.41) is 0. The van der Waals surface area contributed by atoms with E-state index < -0.39 is 0 Å². The van der Waals surface area contributed by atoms with Crippen LogP contribution in [0.1, 0.15) is 44.5 Å². The Balaban J connectivity index is 0.820. The summed E-state index contributed by atoms with van der Waals surface area (Å²) >= 11 is 0. The summed E-state index contributed by atoms with van der Waals surface area (Å²) in [7, 11) is 0. The number of anilines is 6. The lowest BCUT2D eigenvalue weighted by Crippen LogP contribution is -2.10. The van der Waals surface area contributed by atoms with Crippen LogP contribution in [0.25, 0.3) is 59.7 Å². The average molecular weight is 897 g/mol. The van der Waals surface area contributed by atoms with E-state index in [1.54, 1.807) is 0 Å². The van der Waals surface area contributed by atoms with Crippen molar-refractivity contribution in [1.82, 2.24) is 0 Å². The predicted octanol–water partition coefficient (Wildman–Crippen LogP) is 19.0. The second-order valence-corrected chi connectivity index (χ2v) is 17.1. The quantitative estimate of drug-likeness (QED) is 0.0946. The van der Waals surface area contributed by atoms with E-state index in [4.69, 9.17) is 0 Å². The zero-order valence-corrected chi connectivity index (χ0v) is 38.9. The van der Waals surface area contributed by atoms with Gasteiger partial charge in [-0.1, -0.05) is 243 Å². The van der Waals surface area contributed by atoms with Gasteiger partial charge in [-0.3, -0.25) is 0 Å². The maximum absolute atomic E-state index is 2.31. The molecular formula is C68H52N2. The molecule has 0 unspecified atom stereocenters. The van der Waals surface area contributed by atoms with Gasteiger partial charge < -0.3 is 9.80 Å². The number of nitrogens with zero attached hydrogens (tertiary/aromatic N) is 2. The Morgan fingerprint density at radius 3 is 0.571 bits per heavy atom. The molecule has 334 valence electrons. The minimum absolute atomic E-state index is 1.09. The van der Waals surface area contributed by atoms with Crippen molar-refractivity contribution in [2.45, 2.75) is 0 Å². The Bertz CT molecular complexity index is 3090. The van der Waals surface area contributed by atoms with Gasteiger partial charge in [0.15, 0.2) is 0 Å². The fourth-order valence-corrected chi connectivity index (χ4v) is 8.46.